The number of phenols is 1. The van der Waals surface area contributed by atoms with Crippen LogP contribution in [0.15, 0.2) is 146 Å². The minimum absolute atomic E-state index is 0.0921. The van der Waals surface area contributed by atoms with Crippen molar-refractivity contribution in [3.8, 4) is 17.2 Å². The first-order valence-corrected chi connectivity index (χ1v) is 23.4. The van der Waals surface area contributed by atoms with Crippen molar-refractivity contribution in [2.24, 2.45) is 5.92 Å². The number of nitrogens with one attached hydrogen (secondary N) is 1. The molecule has 2 atom stereocenters. The van der Waals surface area contributed by atoms with Gasteiger partial charge in [0.25, 0.3) is 0 Å². The number of carbonyl (C=O) groups is 3. The van der Waals surface area contributed by atoms with Crippen LogP contribution in [0.25, 0.3) is 10.1 Å². The van der Waals surface area contributed by atoms with Crippen molar-refractivity contribution in [3.63, 3.8) is 0 Å². The number of benzene rings is 3. The van der Waals surface area contributed by atoms with E-state index < -0.39 is 17.9 Å². The summed E-state index contributed by atoms with van der Waals surface area (Å²) in [6.45, 7) is 8.57. The van der Waals surface area contributed by atoms with Crippen LogP contribution >= 0.6 is 11.3 Å². The van der Waals surface area contributed by atoms with Gasteiger partial charge in [0.05, 0.1) is 13.2 Å². The summed E-state index contributed by atoms with van der Waals surface area (Å²) in [4.78, 5) is 44.5. The number of fused-ring (bicyclic) bond motifs is 1. The molecule has 1 fully saturated rings. The fourth-order valence-electron chi connectivity index (χ4n) is 7.10. The van der Waals surface area contributed by atoms with Gasteiger partial charge in [-0.15, -0.1) is 11.3 Å². The highest BCUT2D eigenvalue weighted by Crippen LogP contribution is 2.37. The number of rotatable bonds is 26. The predicted octanol–water partition coefficient (Wildman–Crippen LogP) is 11.3. The number of esters is 1. The highest BCUT2D eigenvalue weighted by Gasteiger charge is 2.31. The fourth-order valence-corrected chi connectivity index (χ4v) is 8.48. The van der Waals surface area contributed by atoms with E-state index >= 15 is 0 Å². The Kier molecular flexibility index (Phi) is 21.6. The Morgan fingerprint density at radius 1 is 0.781 bits per heavy atom. The van der Waals surface area contributed by atoms with Crippen molar-refractivity contribution >= 4 is 39.1 Å². The first-order valence-electron chi connectivity index (χ1n) is 22.6. The van der Waals surface area contributed by atoms with Crippen LogP contribution < -0.4 is 14.8 Å². The van der Waals surface area contributed by atoms with Crippen LogP contribution in [0.2, 0.25) is 0 Å². The molecular formula is C54H64N2O7S. The molecule has 0 spiro atoms. The van der Waals surface area contributed by atoms with Crippen LogP contribution in [0.1, 0.15) is 86.0 Å². The number of ether oxygens (including phenoxy) is 3. The third-order valence-corrected chi connectivity index (χ3v) is 11.8. The molecular weight excluding hydrogens is 821 g/mol. The minimum Gasteiger partial charge on any atom is -0.508 e. The van der Waals surface area contributed by atoms with Gasteiger partial charge >= 0.3 is 5.97 Å². The molecule has 2 heterocycles. The molecule has 338 valence electrons. The number of hydrogen-bond donors (Lipinski definition) is 2. The molecule has 3 aromatic carbocycles. The van der Waals surface area contributed by atoms with E-state index in [4.69, 9.17) is 14.2 Å². The van der Waals surface area contributed by atoms with E-state index in [1.807, 2.05) is 25.1 Å². The van der Waals surface area contributed by atoms with Crippen LogP contribution in [0.5, 0.6) is 17.2 Å². The zero-order valence-corrected chi connectivity index (χ0v) is 38.2. The Balaban J connectivity index is 1.16. The number of thiophene rings is 1. The highest BCUT2D eigenvalue weighted by atomic mass is 32.1. The Bertz CT molecular complexity index is 2230. The van der Waals surface area contributed by atoms with E-state index in [9.17, 15) is 19.5 Å². The lowest BCUT2D eigenvalue weighted by Gasteiger charge is -2.26. The maximum Gasteiger partial charge on any atom is 0.334 e. The SMILES string of the molecule is CC/C=C\C/C=C\C/C=C\C/C=C\C/C=C\C/C=C\CCC(=O)N[C@H](C(=O)Oc1ccccc1)C(C)Cc1sc2cc(O)ccc2c1C(=O)c1ccc(OCCN2CCOCC2)cc1. The van der Waals surface area contributed by atoms with Gasteiger partial charge in [0.1, 0.15) is 29.9 Å². The monoisotopic (exact) mass is 884 g/mol. The van der Waals surface area contributed by atoms with Gasteiger partial charge in [0.15, 0.2) is 5.78 Å². The molecule has 1 unspecified atom stereocenters. The third kappa shape index (κ3) is 17.1. The summed E-state index contributed by atoms with van der Waals surface area (Å²) in [6, 6.07) is 19.9. The molecule has 1 aliphatic rings. The second kappa shape index (κ2) is 28.1. The molecule has 0 radical (unpaired) electrons. The first-order chi connectivity index (χ1) is 31.3. The predicted molar refractivity (Wildman–Crippen MR) is 260 cm³/mol. The number of phenolic OH excluding ortho intramolecular Hbond substituents is 1. The topological polar surface area (TPSA) is 114 Å². The van der Waals surface area contributed by atoms with Crippen LogP contribution in [0.4, 0.5) is 0 Å². The first kappa shape index (κ1) is 49.2. The van der Waals surface area contributed by atoms with Crippen molar-refractivity contribution in [3.05, 3.63) is 162 Å². The number of allylic oxidation sites excluding steroid dienone is 12. The lowest BCUT2D eigenvalue weighted by atomic mass is 9.92. The van der Waals surface area contributed by atoms with Gasteiger partial charge < -0.3 is 24.6 Å². The number of carbonyl (C=O) groups excluding carboxylic acids is 3. The van der Waals surface area contributed by atoms with E-state index in [-0.39, 0.29) is 23.9 Å². The Morgan fingerprint density at radius 2 is 1.39 bits per heavy atom. The Morgan fingerprint density at radius 3 is 2.02 bits per heavy atom. The maximum atomic E-state index is 14.3. The molecule has 2 N–H and O–H groups in total. The quantitative estimate of drug-likeness (QED) is 0.0277. The van der Waals surface area contributed by atoms with Gasteiger partial charge in [-0.05, 0) is 112 Å². The lowest BCUT2D eigenvalue weighted by molar-refractivity contribution is -0.140. The number of aromatic hydroxyl groups is 1. The molecule has 9 nitrogen and oxygen atoms in total. The Hall–Kier alpha value is -5.81. The van der Waals surface area contributed by atoms with Gasteiger partial charge in [-0.25, -0.2) is 4.79 Å². The summed E-state index contributed by atoms with van der Waals surface area (Å²) >= 11 is 1.40. The van der Waals surface area contributed by atoms with Crippen molar-refractivity contribution < 1.29 is 33.7 Å². The fraction of sp³-hybridized carbons (Fsp3) is 0.352. The second-order valence-corrected chi connectivity index (χ2v) is 16.8. The minimum atomic E-state index is -0.992. The van der Waals surface area contributed by atoms with E-state index in [1.165, 1.54) is 11.3 Å². The summed E-state index contributed by atoms with van der Waals surface area (Å²) < 4.78 is 17.9. The highest BCUT2D eigenvalue weighted by molar-refractivity contribution is 7.19. The van der Waals surface area contributed by atoms with Crippen molar-refractivity contribution in [2.75, 3.05) is 39.5 Å². The number of para-hydroxylation sites is 1. The van der Waals surface area contributed by atoms with Crippen molar-refractivity contribution in [1.82, 2.24) is 10.2 Å². The molecule has 4 aromatic rings. The number of amides is 1. The van der Waals surface area contributed by atoms with Crippen LogP contribution in [0.3, 0.4) is 0 Å². The molecule has 0 aliphatic carbocycles. The van der Waals surface area contributed by atoms with E-state index in [1.54, 1.807) is 66.7 Å². The molecule has 1 amide bonds. The van der Waals surface area contributed by atoms with Crippen molar-refractivity contribution in [1.29, 1.82) is 0 Å². The summed E-state index contributed by atoms with van der Waals surface area (Å²) in [5.41, 5.74) is 0.997. The summed E-state index contributed by atoms with van der Waals surface area (Å²) in [5, 5.41) is 14.0. The number of ketones is 1. The van der Waals surface area contributed by atoms with Gasteiger partial charge in [0.2, 0.25) is 5.91 Å². The molecule has 1 aromatic heterocycles. The number of hydrogen-bond acceptors (Lipinski definition) is 9. The summed E-state index contributed by atoms with van der Waals surface area (Å²) in [5.74, 6) is -0.351. The van der Waals surface area contributed by atoms with Gasteiger partial charge in [-0.1, -0.05) is 105 Å². The molecule has 0 bridgehead atoms. The molecule has 0 saturated carbocycles. The zero-order valence-electron chi connectivity index (χ0n) is 37.4. The van der Waals surface area contributed by atoms with Crippen molar-refractivity contribution in [2.45, 2.75) is 77.7 Å². The van der Waals surface area contributed by atoms with E-state index in [0.717, 1.165) is 81.0 Å². The number of morpholine rings is 1. The molecule has 1 saturated heterocycles. The lowest BCUT2D eigenvalue weighted by Crippen LogP contribution is -2.47. The average molecular weight is 885 g/mol. The molecule has 5 rings (SSSR count). The molecule has 64 heavy (non-hydrogen) atoms. The Labute approximate surface area is 383 Å². The maximum absolute atomic E-state index is 14.3. The molecule has 10 heteroatoms. The zero-order chi connectivity index (χ0) is 45.2. The van der Waals surface area contributed by atoms with Gasteiger partial charge in [0, 0.05) is 52.1 Å². The number of nitrogens with zero attached hydrogens (tertiary/aromatic N) is 1. The standard InChI is InChI=1S/C54H64N2O7S/c1-3-4-5-6-7-8-9-10-11-12-13-14-15-16-17-18-19-20-24-27-50(58)55-52(54(60)63-46-25-22-21-23-26-46)42(2)40-49-51(47-33-30-44(57)41-48(47)64-49)53(59)43-28-31-45(32-29-43)62-39-36-56-34-37-61-38-35-56/h4-5,7-8,10-11,13-14,16-17,19-23,25-26,28-33,41-42,52,57H,3,6,9,12,15,18,24,27,34-40H2,1-2H3,(H,55,58)/b5-4-,8-7-,11-10-,14-13-,17-16-,20-19-/t42?,52-/m0/s1. The third-order valence-electron chi connectivity index (χ3n) is 10.6. The largest absolute Gasteiger partial charge is 0.508 e. The summed E-state index contributed by atoms with van der Waals surface area (Å²) in [7, 11) is 0. The van der Waals surface area contributed by atoms with Crippen LogP contribution in [-0.2, 0) is 20.7 Å². The van der Waals surface area contributed by atoms with E-state index in [0.29, 0.717) is 47.5 Å². The van der Waals surface area contributed by atoms with Gasteiger partial charge in [-0.3, -0.25) is 14.5 Å². The second-order valence-electron chi connectivity index (χ2n) is 15.7. The normalized spacial score (nSPS) is 14.8. The van der Waals surface area contributed by atoms with Gasteiger partial charge in [-0.2, -0.15) is 0 Å². The van der Waals surface area contributed by atoms with E-state index in [2.05, 4.69) is 77.9 Å². The molecule has 1 aliphatic heterocycles. The smallest absolute Gasteiger partial charge is 0.334 e. The average Bonchev–Trinajstić information content (AvgIpc) is 3.66. The summed E-state index contributed by atoms with van der Waals surface area (Å²) in [6.07, 6.45) is 32.3. The van der Waals surface area contributed by atoms with Crippen LogP contribution in [0, 0.1) is 5.92 Å². The van der Waals surface area contributed by atoms with Crippen LogP contribution in [-0.4, -0.2) is 73.2 Å².